The summed E-state index contributed by atoms with van der Waals surface area (Å²) in [5.74, 6) is -0.0415. The van der Waals surface area contributed by atoms with E-state index in [4.69, 9.17) is 10.5 Å². The minimum atomic E-state index is -4.41. The lowest BCUT2D eigenvalue weighted by Crippen LogP contribution is -2.13. The SMILES string of the molecule is COc1ccc(C(=O)Nc2ccc(C(F)(F)F)cc2)cc1N. The number of hydrogen-bond donors (Lipinski definition) is 2. The number of nitrogen functional groups attached to an aromatic ring is 1. The number of halogens is 3. The minimum Gasteiger partial charge on any atom is -0.495 e. The zero-order valence-electron chi connectivity index (χ0n) is 11.6. The van der Waals surface area contributed by atoms with Crippen LogP contribution in [0.2, 0.25) is 0 Å². The van der Waals surface area contributed by atoms with Crippen LogP contribution in [0.1, 0.15) is 15.9 Å². The molecule has 1 amide bonds. The molecule has 0 unspecified atom stereocenters. The van der Waals surface area contributed by atoms with Gasteiger partial charge in [0.05, 0.1) is 18.4 Å². The number of carbonyl (C=O) groups excluding carboxylic acids is 1. The molecule has 7 heteroatoms. The van der Waals surface area contributed by atoms with Crippen LogP contribution in [0.5, 0.6) is 5.75 Å². The molecule has 116 valence electrons. The number of nitrogens with two attached hydrogens (primary N) is 1. The monoisotopic (exact) mass is 310 g/mol. The number of benzene rings is 2. The molecule has 0 saturated heterocycles. The number of anilines is 2. The molecule has 2 rings (SSSR count). The molecule has 0 radical (unpaired) electrons. The van der Waals surface area contributed by atoms with E-state index in [9.17, 15) is 18.0 Å². The maximum absolute atomic E-state index is 12.4. The molecule has 0 bridgehead atoms. The summed E-state index contributed by atoms with van der Waals surface area (Å²) in [7, 11) is 1.45. The van der Waals surface area contributed by atoms with Gasteiger partial charge in [-0.05, 0) is 42.5 Å². The van der Waals surface area contributed by atoms with Crippen molar-refractivity contribution < 1.29 is 22.7 Å². The third-order valence-electron chi connectivity index (χ3n) is 2.96. The molecule has 0 aromatic heterocycles. The Balaban J connectivity index is 2.13. The maximum Gasteiger partial charge on any atom is 0.416 e. The Morgan fingerprint density at radius 2 is 1.77 bits per heavy atom. The summed E-state index contributed by atoms with van der Waals surface area (Å²) >= 11 is 0. The van der Waals surface area contributed by atoms with Crippen LogP contribution in [0.25, 0.3) is 0 Å². The van der Waals surface area contributed by atoms with Crippen molar-refractivity contribution in [3.63, 3.8) is 0 Å². The smallest absolute Gasteiger partial charge is 0.416 e. The van der Waals surface area contributed by atoms with Gasteiger partial charge in [0, 0.05) is 11.3 Å². The van der Waals surface area contributed by atoms with E-state index in [0.29, 0.717) is 11.4 Å². The van der Waals surface area contributed by atoms with Gasteiger partial charge >= 0.3 is 6.18 Å². The first kappa shape index (κ1) is 15.7. The number of rotatable bonds is 3. The van der Waals surface area contributed by atoms with Crippen molar-refractivity contribution in [2.45, 2.75) is 6.18 Å². The van der Waals surface area contributed by atoms with Crippen LogP contribution in [0.15, 0.2) is 42.5 Å². The van der Waals surface area contributed by atoms with Gasteiger partial charge in [-0.1, -0.05) is 0 Å². The van der Waals surface area contributed by atoms with E-state index in [0.717, 1.165) is 12.1 Å². The Kier molecular flexibility index (Phi) is 4.25. The van der Waals surface area contributed by atoms with Crippen LogP contribution < -0.4 is 15.8 Å². The number of carbonyl (C=O) groups is 1. The summed E-state index contributed by atoms with van der Waals surface area (Å²) in [6.07, 6.45) is -4.41. The summed E-state index contributed by atoms with van der Waals surface area (Å²) < 4.78 is 42.3. The molecule has 0 aliphatic rings. The highest BCUT2D eigenvalue weighted by Crippen LogP contribution is 2.30. The van der Waals surface area contributed by atoms with Gasteiger partial charge < -0.3 is 15.8 Å². The largest absolute Gasteiger partial charge is 0.495 e. The van der Waals surface area contributed by atoms with Gasteiger partial charge in [-0.25, -0.2) is 0 Å². The molecule has 2 aromatic carbocycles. The third kappa shape index (κ3) is 3.49. The zero-order valence-corrected chi connectivity index (χ0v) is 11.6. The molecule has 0 spiro atoms. The average Bonchev–Trinajstić information content (AvgIpc) is 2.46. The average molecular weight is 310 g/mol. The van der Waals surface area contributed by atoms with Crippen molar-refractivity contribution in [1.29, 1.82) is 0 Å². The van der Waals surface area contributed by atoms with Gasteiger partial charge in [-0.2, -0.15) is 13.2 Å². The molecule has 0 aliphatic heterocycles. The Bertz CT molecular complexity index is 682. The lowest BCUT2D eigenvalue weighted by molar-refractivity contribution is -0.137. The molecule has 3 N–H and O–H groups in total. The number of methoxy groups -OCH3 is 1. The van der Waals surface area contributed by atoms with Gasteiger partial charge in [-0.3, -0.25) is 4.79 Å². The van der Waals surface area contributed by atoms with Gasteiger partial charge in [0.1, 0.15) is 5.75 Å². The van der Waals surface area contributed by atoms with E-state index in [-0.39, 0.29) is 11.3 Å². The van der Waals surface area contributed by atoms with Crippen LogP contribution >= 0.6 is 0 Å². The topological polar surface area (TPSA) is 64.3 Å². The number of ether oxygens (including phenoxy) is 1. The lowest BCUT2D eigenvalue weighted by Gasteiger charge is -2.10. The molecule has 4 nitrogen and oxygen atoms in total. The highest BCUT2D eigenvalue weighted by molar-refractivity contribution is 6.05. The van der Waals surface area contributed by atoms with E-state index in [1.807, 2.05) is 0 Å². The standard InChI is InChI=1S/C15H13F3N2O2/c1-22-13-7-2-9(8-12(13)19)14(21)20-11-5-3-10(4-6-11)15(16,17)18/h2-8H,19H2,1H3,(H,20,21). The first-order chi connectivity index (χ1) is 10.3. The van der Waals surface area contributed by atoms with Crippen LogP contribution in [-0.2, 0) is 6.18 Å². The van der Waals surface area contributed by atoms with E-state index < -0.39 is 17.6 Å². The molecule has 22 heavy (non-hydrogen) atoms. The van der Waals surface area contributed by atoms with Crippen LogP contribution in [0.4, 0.5) is 24.5 Å². The Labute approximate surface area is 124 Å². The molecule has 0 heterocycles. The highest BCUT2D eigenvalue weighted by Gasteiger charge is 2.29. The van der Waals surface area contributed by atoms with E-state index in [1.54, 1.807) is 0 Å². The third-order valence-corrected chi connectivity index (χ3v) is 2.96. The fourth-order valence-corrected chi connectivity index (χ4v) is 1.82. The second-order valence-corrected chi connectivity index (χ2v) is 4.49. The van der Waals surface area contributed by atoms with Crippen molar-refractivity contribution in [3.8, 4) is 5.75 Å². The predicted octanol–water partition coefficient (Wildman–Crippen LogP) is 3.55. The second-order valence-electron chi connectivity index (χ2n) is 4.49. The molecular weight excluding hydrogens is 297 g/mol. The first-order valence-electron chi connectivity index (χ1n) is 6.23. The van der Waals surface area contributed by atoms with Crippen molar-refractivity contribution in [2.75, 3.05) is 18.2 Å². The summed E-state index contributed by atoms with van der Waals surface area (Å²) in [5.41, 5.74) is 5.75. The van der Waals surface area contributed by atoms with Crippen molar-refractivity contribution >= 4 is 17.3 Å². The summed E-state index contributed by atoms with van der Waals surface area (Å²) in [6, 6.07) is 8.65. The Morgan fingerprint density at radius 1 is 1.14 bits per heavy atom. The Hall–Kier alpha value is -2.70. The molecule has 0 fully saturated rings. The van der Waals surface area contributed by atoms with Gasteiger partial charge in [0.2, 0.25) is 0 Å². The molecular formula is C15H13F3N2O2. The molecule has 0 aliphatic carbocycles. The fraction of sp³-hybridized carbons (Fsp3) is 0.133. The first-order valence-corrected chi connectivity index (χ1v) is 6.23. The summed E-state index contributed by atoms with van der Waals surface area (Å²) in [6.45, 7) is 0. The summed E-state index contributed by atoms with van der Waals surface area (Å²) in [4.78, 5) is 12.0. The Morgan fingerprint density at radius 3 is 2.27 bits per heavy atom. The molecule has 0 atom stereocenters. The van der Waals surface area contributed by atoms with Gasteiger partial charge in [0.25, 0.3) is 5.91 Å². The fourth-order valence-electron chi connectivity index (χ4n) is 1.82. The number of hydrogen-bond acceptors (Lipinski definition) is 3. The van der Waals surface area contributed by atoms with Crippen LogP contribution in [-0.4, -0.2) is 13.0 Å². The normalized spacial score (nSPS) is 11.1. The number of amides is 1. The highest BCUT2D eigenvalue weighted by atomic mass is 19.4. The minimum absolute atomic E-state index is 0.257. The quantitative estimate of drug-likeness (QED) is 0.852. The van der Waals surface area contributed by atoms with Crippen molar-refractivity contribution in [1.82, 2.24) is 0 Å². The van der Waals surface area contributed by atoms with Gasteiger partial charge in [0.15, 0.2) is 0 Å². The molecule has 2 aromatic rings. The zero-order chi connectivity index (χ0) is 16.3. The predicted molar refractivity (Wildman–Crippen MR) is 76.8 cm³/mol. The van der Waals surface area contributed by atoms with Crippen LogP contribution in [0, 0.1) is 0 Å². The van der Waals surface area contributed by atoms with Crippen LogP contribution in [0.3, 0.4) is 0 Å². The second kappa shape index (κ2) is 5.97. The van der Waals surface area contributed by atoms with E-state index in [1.165, 1.54) is 37.4 Å². The number of alkyl halides is 3. The van der Waals surface area contributed by atoms with Crippen molar-refractivity contribution in [3.05, 3.63) is 53.6 Å². The molecule has 0 saturated carbocycles. The maximum atomic E-state index is 12.4. The van der Waals surface area contributed by atoms with Gasteiger partial charge in [-0.15, -0.1) is 0 Å². The van der Waals surface area contributed by atoms with E-state index >= 15 is 0 Å². The van der Waals surface area contributed by atoms with Crippen molar-refractivity contribution in [2.24, 2.45) is 0 Å². The number of nitrogens with one attached hydrogen (secondary N) is 1. The summed E-state index contributed by atoms with van der Waals surface area (Å²) in [5, 5.41) is 2.50. The van der Waals surface area contributed by atoms with E-state index in [2.05, 4.69) is 5.32 Å². The lowest BCUT2D eigenvalue weighted by atomic mass is 10.1.